The summed E-state index contributed by atoms with van der Waals surface area (Å²) in [5.74, 6) is 1.06. The number of hydrogen-bond acceptors (Lipinski definition) is 0. The van der Waals surface area contributed by atoms with Crippen LogP contribution in [0, 0.1) is 5.92 Å². The van der Waals surface area contributed by atoms with Crippen molar-refractivity contribution in [3.05, 3.63) is 0 Å². The molecule has 0 bridgehead atoms. The van der Waals surface area contributed by atoms with Gasteiger partial charge in [-0.1, -0.05) is 64.2 Å². The van der Waals surface area contributed by atoms with Gasteiger partial charge in [-0.3, -0.25) is 0 Å². The van der Waals surface area contributed by atoms with Crippen LogP contribution in [0.5, 0.6) is 0 Å². The molecule has 2 atom stereocenters. The molecule has 112 valence electrons. The van der Waals surface area contributed by atoms with Gasteiger partial charge >= 0.3 is 0 Å². The van der Waals surface area contributed by atoms with Crippen molar-refractivity contribution in [3.8, 4) is 0 Å². The Kier molecular flexibility index (Phi) is 7.66. The molecule has 1 aliphatic heterocycles. The predicted molar refractivity (Wildman–Crippen MR) is 92.2 cm³/mol. The second-order valence-corrected chi connectivity index (χ2v) is 9.59. The van der Waals surface area contributed by atoms with E-state index >= 15 is 0 Å². The minimum absolute atomic E-state index is 0.301. The SMILES string of the molecule is C=[PH]1CCCCCCCC1C1CCCCCCCC1. The lowest BCUT2D eigenvalue weighted by molar-refractivity contribution is 0.392. The van der Waals surface area contributed by atoms with E-state index in [1.165, 1.54) is 96.1 Å². The van der Waals surface area contributed by atoms with E-state index in [0.717, 1.165) is 11.6 Å². The van der Waals surface area contributed by atoms with Gasteiger partial charge in [-0.2, -0.15) is 0 Å². The molecule has 0 aromatic carbocycles. The smallest absolute Gasteiger partial charge is 0.0213 e. The van der Waals surface area contributed by atoms with E-state index in [1.54, 1.807) is 0 Å². The van der Waals surface area contributed by atoms with Gasteiger partial charge in [0.15, 0.2) is 0 Å². The zero-order valence-corrected chi connectivity index (χ0v) is 14.0. The summed E-state index contributed by atoms with van der Waals surface area (Å²) < 4.78 is 0. The van der Waals surface area contributed by atoms with Crippen LogP contribution in [0.15, 0.2) is 0 Å². The van der Waals surface area contributed by atoms with E-state index in [9.17, 15) is 0 Å². The van der Waals surface area contributed by atoms with Crippen molar-refractivity contribution >= 4 is 13.8 Å². The Balaban J connectivity index is 1.94. The zero-order valence-electron chi connectivity index (χ0n) is 13.0. The quantitative estimate of drug-likeness (QED) is 0.509. The van der Waals surface area contributed by atoms with Gasteiger partial charge in [-0.25, -0.2) is 0 Å². The van der Waals surface area contributed by atoms with Crippen LogP contribution in [0.1, 0.15) is 89.9 Å². The molecule has 0 aromatic heterocycles. The molecule has 2 fully saturated rings. The molecule has 0 spiro atoms. The van der Waals surface area contributed by atoms with Crippen molar-refractivity contribution in [1.29, 1.82) is 0 Å². The molecule has 2 aliphatic rings. The zero-order chi connectivity index (χ0) is 13.3. The minimum atomic E-state index is -0.301. The number of hydrogen-bond donors (Lipinski definition) is 0. The van der Waals surface area contributed by atoms with E-state index in [0.29, 0.717) is 0 Å². The molecule has 0 aromatic rings. The molecular formula is C18H35P. The van der Waals surface area contributed by atoms with Crippen molar-refractivity contribution in [2.75, 3.05) is 6.16 Å². The first-order valence-electron chi connectivity index (χ1n) is 9.05. The van der Waals surface area contributed by atoms with E-state index in [-0.39, 0.29) is 7.55 Å². The first-order valence-corrected chi connectivity index (χ1v) is 11.0. The van der Waals surface area contributed by atoms with Gasteiger partial charge in [-0.15, -0.1) is 13.8 Å². The Morgan fingerprint density at radius 1 is 0.579 bits per heavy atom. The van der Waals surface area contributed by atoms with Crippen LogP contribution >= 0.6 is 7.55 Å². The summed E-state index contributed by atoms with van der Waals surface area (Å²) in [5.41, 5.74) is 1.06. The van der Waals surface area contributed by atoms with Crippen molar-refractivity contribution in [1.82, 2.24) is 0 Å². The molecule has 1 heterocycles. The van der Waals surface area contributed by atoms with Crippen LogP contribution in [-0.2, 0) is 0 Å². The Morgan fingerprint density at radius 2 is 1.05 bits per heavy atom. The molecule has 1 saturated heterocycles. The fraction of sp³-hybridized carbons (Fsp3) is 0.944. The summed E-state index contributed by atoms with van der Waals surface area (Å²) in [5, 5.41) is 0. The largest absolute Gasteiger partial charge is 0.122 e. The maximum Gasteiger partial charge on any atom is -0.0213 e. The van der Waals surface area contributed by atoms with Crippen molar-refractivity contribution in [2.24, 2.45) is 5.92 Å². The standard InChI is InChI=1S/C18H35P/c1-19-16-12-8-4-7-11-15-18(19)17-13-9-5-2-3-6-10-14-17/h17-19H,1-16H2. The van der Waals surface area contributed by atoms with Gasteiger partial charge in [0.1, 0.15) is 0 Å². The Bertz CT molecular complexity index is 248. The summed E-state index contributed by atoms with van der Waals surface area (Å²) in [4.78, 5) is 0. The highest BCUT2D eigenvalue weighted by atomic mass is 31.1. The van der Waals surface area contributed by atoms with Crippen LogP contribution in [0.2, 0.25) is 0 Å². The molecular weight excluding hydrogens is 247 g/mol. The Labute approximate surface area is 122 Å². The highest BCUT2D eigenvalue weighted by molar-refractivity contribution is 7.56. The molecule has 1 aliphatic carbocycles. The maximum absolute atomic E-state index is 4.68. The number of rotatable bonds is 1. The van der Waals surface area contributed by atoms with E-state index in [1.807, 2.05) is 0 Å². The first-order chi connectivity index (χ1) is 9.38. The fourth-order valence-corrected chi connectivity index (χ4v) is 6.96. The average Bonchev–Trinajstić information content (AvgIpc) is 2.60. The fourth-order valence-electron chi connectivity index (χ4n) is 4.27. The molecule has 0 N–H and O–H groups in total. The van der Waals surface area contributed by atoms with Crippen LogP contribution in [0.4, 0.5) is 0 Å². The predicted octanol–water partition coefficient (Wildman–Crippen LogP) is 6.11. The first kappa shape index (κ1) is 15.7. The van der Waals surface area contributed by atoms with E-state index < -0.39 is 0 Å². The minimum Gasteiger partial charge on any atom is -0.122 e. The summed E-state index contributed by atoms with van der Waals surface area (Å²) in [7, 11) is -0.301. The van der Waals surface area contributed by atoms with Gasteiger partial charge < -0.3 is 0 Å². The molecule has 0 amide bonds. The second kappa shape index (κ2) is 9.28. The van der Waals surface area contributed by atoms with Crippen molar-refractivity contribution < 1.29 is 0 Å². The van der Waals surface area contributed by atoms with Gasteiger partial charge in [-0.05, 0) is 43.4 Å². The summed E-state index contributed by atoms with van der Waals surface area (Å²) >= 11 is 0. The molecule has 0 radical (unpaired) electrons. The Morgan fingerprint density at radius 3 is 1.68 bits per heavy atom. The lowest BCUT2D eigenvalue weighted by Gasteiger charge is -2.29. The highest BCUT2D eigenvalue weighted by Gasteiger charge is 2.23. The van der Waals surface area contributed by atoms with Crippen LogP contribution in [0.3, 0.4) is 0 Å². The van der Waals surface area contributed by atoms with E-state index in [4.69, 9.17) is 0 Å². The second-order valence-electron chi connectivity index (χ2n) is 7.03. The third kappa shape index (κ3) is 5.66. The van der Waals surface area contributed by atoms with Crippen LogP contribution in [0.25, 0.3) is 0 Å². The molecule has 0 nitrogen and oxygen atoms in total. The molecule has 19 heavy (non-hydrogen) atoms. The van der Waals surface area contributed by atoms with Gasteiger partial charge in [0.05, 0.1) is 0 Å². The Hall–Kier alpha value is 0.300. The monoisotopic (exact) mass is 282 g/mol. The van der Waals surface area contributed by atoms with Crippen molar-refractivity contribution in [2.45, 2.75) is 95.6 Å². The lowest BCUT2D eigenvalue weighted by Crippen LogP contribution is -2.18. The highest BCUT2D eigenvalue weighted by Crippen LogP contribution is 2.42. The average molecular weight is 282 g/mol. The normalized spacial score (nSPS) is 33.3. The van der Waals surface area contributed by atoms with Gasteiger partial charge in [0.2, 0.25) is 0 Å². The molecule has 1 heteroatoms. The van der Waals surface area contributed by atoms with Gasteiger partial charge in [0.25, 0.3) is 0 Å². The molecule has 2 rings (SSSR count). The lowest BCUT2D eigenvalue weighted by atomic mass is 9.90. The summed E-state index contributed by atoms with van der Waals surface area (Å²) in [6.45, 7) is 0. The molecule has 1 saturated carbocycles. The van der Waals surface area contributed by atoms with Crippen LogP contribution < -0.4 is 0 Å². The van der Waals surface area contributed by atoms with Crippen LogP contribution in [-0.4, -0.2) is 18.1 Å². The van der Waals surface area contributed by atoms with Crippen molar-refractivity contribution in [3.63, 3.8) is 0 Å². The summed E-state index contributed by atoms with van der Waals surface area (Å²) in [6, 6.07) is 0. The van der Waals surface area contributed by atoms with Gasteiger partial charge in [0, 0.05) is 0 Å². The third-order valence-electron chi connectivity index (χ3n) is 5.51. The summed E-state index contributed by atoms with van der Waals surface area (Å²) in [6.07, 6.45) is 27.3. The topological polar surface area (TPSA) is 0 Å². The molecule has 2 unspecified atom stereocenters. The third-order valence-corrected chi connectivity index (χ3v) is 8.31. The maximum atomic E-state index is 4.68. The van der Waals surface area contributed by atoms with E-state index in [2.05, 4.69) is 6.30 Å².